The molecule has 0 bridgehead atoms. The maximum Gasteiger partial charge on any atom is 0.313 e. The summed E-state index contributed by atoms with van der Waals surface area (Å²) in [7, 11) is 0. The second kappa shape index (κ2) is 3.02. The molecule has 1 aromatic carbocycles. The highest BCUT2D eigenvalue weighted by Crippen LogP contribution is 2.25. The van der Waals surface area contributed by atoms with Crippen LogP contribution in [0.2, 0.25) is 0 Å². The lowest BCUT2D eigenvalue weighted by atomic mass is 10.1. The monoisotopic (exact) mass is 190 g/mol. The molecular formula is C9H10N4O. The molecule has 2 rings (SSSR count). The molecule has 1 aromatic heterocycles. The van der Waals surface area contributed by atoms with Crippen LogP contribution >= 0.6 is 0 Å². The lowest BCUT2D eigenvalue weighted by Crippen LogP contribution is -1.91. The Bertz CT molecular complexity index is 464. The Labute approximate surface area is 80.7 Å². The van der Waals surface area contributed by atoms with Crippen molar-refractivity contribution in [1.82, 2.24) is 10.2 Å². The van der Waals surface area contributed by atoms with Crippen molar-refractivity contribution in [3.8, 4) is 11.5 Å². The van der Waals surface area contributed by atoms with Gasteiger partial charge in [0.25, 0.3) is 0 Å². The quantitative estimate of drug-likeness (QED) is 0.659. The SMILES string of the molecule is Cc1c(N)cccc1-c1nnc(N)o1. The fraction of sp³-hybridized carbons (Fsp3) is 0.111. The first kappa shape index (κ1) is 8.55. The van der Waals surface area contributed by atoms with Crippen LogP contribution in [0.1, 0.15) is 5.56 Å². The van der Waals surface area contributed by atoms with Gasteiger partial charge in [0.1, 0.15) is 0 Å². The summed E-state index contributed by atoms with van der Waals surface area (Å²) >= 11 is 0. The van der Waals surface area contributed by atoms with Crippen molar-refractivity contribution in [3.63, 3.8) is 0 Å². The minimum atomic E-state index is 0.0572. The van der Waals surface area contributed by atoms with Crippen molar-refractivity contribution in [3.05, 3.63) is 23.8 Å². The first-order valence-corrected chi connectivity index (χ1v) is 4.13. The van der Waals surface area contributed by atoms with Crippen LogP contribution in [-0.2, 0) is 0 Å². The number of nitrogen functional groups attached to an aromatic ring is 2. The van der Waals surface area contributed by atoms with Crippen LogP contribution in [0.5, 0.6) is 0 Å². The highest BCUT2D eigenvalue weighted by molar-refractivity contribution is 5.66. The van der Waals surface area contributed by atoms with Crippen molar-refractivity contribution >= 4 is 11.7 Å². The maximum atomic E-state index is 5.74. The van der Waals surface area contributed by atoms with Gasteiger partial charge in [-0.15, -0.1) is 5.10 Å². The molecule has 14 heavy (non-hydrogen) atoms. The Morgan fingerprint density at radius 2 is 2.00 bits per heavy atom. The minimum absolute atomic E-state index is 0.0572. The summed E-state index contributed by atoms with van der Waals surface area (Å²) in [6.45, 7) is 1.89. The number of nitrogens with zero attached hydrogens (tertiary/aromatic N) is 2. The number of hydrogen-bond acceptors (Lipinski definition) is 5. The Balaban J connectivity index is 2.57. The van der Waals surface area contributed by atoms with E-state index in [0.717, 1.165) is 11.1 Å². The molecule has 0 saturated heterocycles. The Hall–Kier alpha value is -2.04. The third kappa shape index (κ3) is 1.28. The Kier molecular flexibility index (Phi) is 1.85. The predicted octanol–water partition coefficient (Wildman–Crippen LogP) is 1.21. The molecule has 1 heterocycles. The molecular weight excluding hydrogens is 180 g/mol. The van der Waals surface area contributed by atoms with Gasteiger partial charge in [-0.25, -0.2) is 0 Å². The number of benzene rings is 1. The molecule has 0 fully saturated rings. The van der Waals surface area contributed by atoms with Gasteiger partial charge in [0.15, 0.2) is 0 Å². The van der Waals surface area contributed by atoms with Crippen molar-refractivity contribution in [1.29, 1.82) is 0 Å². The summed E-state index contributed by atoms with van der Waals surface area (Å²) in [6.07, 6.45) is 0. The smallest absolute Gasteiger partial charge is 0.313 e. The molecule has 0 aliphatic carbocycles. The lowest BCUT2D eigenvalue weighted by molar-refractivity contribution is 0.590. The van der Waals surface area contributed by atoms with Gasteiger partial charge in [0, 0.05) is 11.3 Å². The first-order valence-electron chi connectivity index (χ1n) is 4.13. The number of aromatic nitrogens is 2. The van der Waals surface area contributed by atoms with E-state index >= 15 is 0 Å². The average Bonchev–Trinajstić information content (AvgIpc) is 2.57. The molecule has 0 spiro atoms. The van der Waals surface area contributed by atoms with Gasteiger partial charge in [0.05, 0.1) is 0 Å². The summed E-state index contributed by atoms with van der Waals surface area (Å²) in [5.74, 6) is 0.396. The zero-order valence-corrected chi connectivity index (χ0v) is 7.69. The molecule has 0 unspecified atom stereocenters. The fourth-order valence-electron chi connectivity index (χ4n) is 1.23. The molecule has 4 N–H and O–H groups in total. The molecule has 2 aromatic rings. The van der Waals surface area contributed by atoms with Crippen LogP contribution in [0.25, 0.3) is 11.5 Å². The lowest BCUT2D eigenvalue weighted by Gasteiger charge is -2.03. The third-order valence-electron chi connectivity index (χ3n) is 2.05. The topological polar surface area (TPSA) is 91.0 Å². The predicted molar refractivity (Wildman–Crippen MR) is 53.3 cm³/mol. The summed E-state index contributed by atoms with van der Waals surface area (Å²) in [6, 6.07) is 5.57. The van der Waals surface area contributed by atoms with Crippen LogP contribution in [0.15, 0.2) is 22.6 Å². The number of hydrogen-bond donors (Lipinski definition) is 2. The molecule has 0 aliphatic rings. The Morgan fingerprint density at radius 1 is 1.21 bits per heavy atom. The number of anilines is 2. The van der Waals surface area contributed by atoms with Gasteiger partial charge in [-0.05, 0) is 24.6 Å². The van der Waals surface area contributed by atoms with E-state index in [4.69, 9.17) is 15.9 Å². The second-order valence-electron chi connectivity index (χ2n) is 2.97. The average molecular weight is 190 g/mol. The first-order chi connectivity index (χ1) is 6.68. The van der Waals surface area contributed by atoms with E-state index in [-0.39, 0.29) is 6.01 Å². The standard InChI is InChI=1S/C9H10N4O/c1-5-6(3-2-4-7(5)10)8-12-13-9(11)14-8/h2-4H,10H2,1H3,(H2,11,13). The van der Waals surface area contributed by atoms with Crippen LogP contribution in [0, 0.1) is 6.92 Å². The molecule has 0 atom stereocenters. The van der Waals surface area contributed by atoms with Crippen molar-refractivity contribution in [2.45, 2.75) is 6.92 Å². The van der Waals surface area contributed by atoms with Crippen LogP contribution in [0.3, 0.4) is 0 Å². The summed E-state index contributed by atoms with van der Waals surface area (Å²) < 4.78 is 5.11. The van der Waals surface area contributed by atoms with E-state index in [1.165, 1.54) is 0 Å². The maximum absolute atomic E-state index is 5.74. The van der Waals surface area contributed by atoms with Crippen molar-refractivity contribution in [2.24, 2.45) is 0 Å². The second-order valence-corrected chi connectivity index (χ2v) is 2.97. The van der Waals surface area contributed by atoms with Gasteiger partial charge in [-0.2, -0.15) is 0 Å². The van der Waals surface area contributed by atoms with Crippen molar-refractivity contribution < 1.29 is 4.42 Å². The highest BCUT2D eigenvalue weighted by atomic mass is 16.4. The summed E-state index contributed by atoms with van der Waals surface area (Å²) in [5.41, 5.74) is 13.5. The normalized spacial score (nSPS) is 10.4. The van der Waals surface area contributed by atoms with E-state index in [9.17, 15) is 0 Å². The van der Waals surface area contributed by atoms with Gasteiger partial charge < -0.3 is 15.9 Å². The van der Waals surface area contributed by atoms with Gasteiger partial charge in [-0.3, -0.25) is 0 Å². The molecule has 5 nitrogen and oxygen atoms in total. The molecule has 0 aliphatic heterocycles. The number of rotatable bonds is 1. The van der Waals surface area contributed by atoms with E-state index in [0.29, 0.717) is 11.6 Å². The van der Waals surface area contributed by atoms with Crippen LogP contribution < -0.4 is 11.5 Å². The largest absolute Gasteiger partial charge is 0.404 e. The fourth-order valence-corrected chi connectivity index (χ4v) is 1.23. The van der Waals surface area contributed by atoms with Gasteiger partial charge in [-0.1, -0.05) is 11.2 Å². The highest BCUT2D eigenvalue weighted by Gasteiger charge is 2.10. The molecule has 72 valence electrons. The summed E-state index contributed by atoms with van der Waals surface area (Å²) in [5, 5.41) is 7.37. The molecule has 0 saturated carbocycles. The zero-order valence-electron chi connectivity index (χ0n) is 7.69. The molecule has 0 amide bonds. The minimum Gasteiger partial charge on any atom is -0.404 e. The molecule has 5 heteroatoms. The van der Waals surface area contributed by atoms with E-state index < -0.39 is 0 Å². The Morgan fingerprint density at radius 3 is 2.64 bits per heavy atom. The molecule has 0 radical (unpaired) electrons. The van der Waals surface area contributed by atoms with E-state index in [1.54, 1.807) is 0 Å². The van der Waals surface area contributed by atoms with E-state index in [1.807, 2.05) is 25.1 Å². The number of nitrogens with two attached hydrogens (primary N) is 2. The van der Waals surface area contributed by atoms with Crippen LogP contribution in [0.4, 0.5) is 11.7 Å². The van der Waals surface area contributed by atoms with E-state index in [2.05, 4.69) is 10.2 Å². The van der Waals surface area contributed by atoms with Crippen molar-refractivity contribution in [2.75, 3.05) is 11.5 Å². The zero-order chi connectivity index (χ0) is 10.1. The van der Waals surface area contributed by atoms with Gasteiger partial charge >= 0.3 is 6.01 Å². The summed E-state index contributed by atoms with van der Waals surface area (Å²) in [4.78, 5) is 0. The van der Waals surface area contributed by atoms with Gasteiger partial charge in [0.2, 0.25) is 5.89 Å². The van der Waals surface area contributed by atoms with Crippen LogP contribution in [-0.4, -0.2) is 10.2 Å². The third-order valence-corrected chi connectivity index (χ3v) is 2.05.